The average molecular weight is 297 g/mol. The van der Waals surface area contributed by atoms with Crippen molar-refractivity contribution in [2.45, 2.75) is 23.5 Å². The largest absolute Gasteiger partial charge is 0.459 e. The van der Waals surface area contributed by atoms with Crippen molar-refractivity contribution in [3.05, 3.63) is 35.9 Å². The summed E-state index contributed by atoms with van der Waals surface area (Å²) in [6, 6.07) is 9.68. The lowest BCUT2D eigenvalue weighted by Crippen LogP contribution is -2.25. The van der Waals surface area contributed by atoms with Crippen LogP contribution in [0.25, 0.3) is 0 Å². The first-order valence-electron chi connectivity index (χ1n) is 5.70. The maximum Gasteiger partial charge on any atom is 0.335 e. The minimum Gasteiger partial charge on any atom is -0.459 e. The summed E-state index contributed by atoms with van der Waals surface area (Å²) < 4.78 is 10.8. The Morgan fingerprint density at radius 3 is 2.82 bits per heavy atom. The van der Waals surface area contributed by atoms with Crippen molar-refractivity contribution >= 4 is 21.9 Å². The molecule has 2 fully saturated rings. The molecule has 1 saturated heterocycles. The zero-order valence-corrected chi connectivity index (χ0v) is 10.9. The Morgan fingerprint density at radius 2 is 2.24 bits per heavy atom. The zero-order valence-electron chi connectivity index (χ0n) is 9.27. The molecular weight excluding hydrogens is 284 g/mol. The fourth-order valence-electron chi connectivity index (χ4n) is 2.24. The lowest BCUT2D eigenvalue weighted by atomic mass is 10.2. The summed E-state index contributed by atoms with van der Waals surface area (Å²) in [6.07, 6.45) is 0.635. The third-order valence-corrected chi connectivity index (χ3v) is 4.53. The van der Waals surface area contributed by atoms with E-state index >= 15 is 0 Å². The number of carbonyl (C=O) groups excluding carboxylic acids is 1. The number of alkyl halides is 1. The third kappa shape index (κ3) is 2.11. The molecular formula is C13H13BrO3. The van der Waals surface area contributed by atoms with Crippen molar-refractivity contribution in [2.24, 2.45) is 5.92 Å². The van der Waals surface area contributed by atoms with E-state index in [1.807, 2.05) is 30.3 Å². The molecule has 90 valence electrons. The van der Waals surface area contributed by atoms with Crippen LogP contribution in [0.2, 0.25) is 0 Å². The minimum absolute atomic E-state index is 0.0590. The normalized spacial score (nSPS) is 34.2. The quantitative estimate of drug-likeness (QED) is 0.634. The van der Waals surface area contributed by atoms with E-state index in [-0.39, 0.29) is 16.4 Å². The topological polar surface area (TPSA) is 35.5 Å². The van der Waals surface area contributed by atoms with E-state index in [1.54, 1.807) is 0 Å². The predicted molar refractivity (Wildman–Crippen MR) is 65.7 cm³/mol. The van der Waals surface area contributed by atoms with Crippen LogP contribution in [0.4, 0.5) is 0 Å². The van der Waals surface area contributed by atoms with Gasteiger partial charge in [-0.25, -0.2) is 4.79 Å². The second-order valence-electron chi connectivity index (χ2n) is 4.67. The van der Waals surface area contributed by atoms with Crippen LogP contribution < -0.4 is 0 Å². The Labute approximate surface area is 108 Å². The molecule has 1 aliphatic heterocycles. The van der Waals surface area contributed by atoms with Crippen LogP contribution in [0.15, 0.2) is 30.3 Å². The molecule has 17 heavy (non-hydrogen) atoms. The molecule has 2 aliphatic rings. The van der Waals surface area contributed by atoms with Crippen molar-refractivity contribution < 1.29 is 14.3 Å². The predicted octanol–water partition coefficient (Wildman–Crippen LogP) is 2.28. The number of carbonyl (C=O) groups is 1. The van der Waals surface area contributed by atoms with Crippen LogP contribution in [0.1, 0.15) is 12.0 Å². The second kappa shape index (κ2) is 4.10. The van der Waals surface area contributed by atoms with Gasteiger partial charge >= 0.3 is 5.97 Å². The van der Waals surface area contributed by atoms with E-state index in [4.69, 9.17) is 9.47 Å². The number of fused-ring (bicyclic) bond motifs is 1. The van der Waals surface area contributed by atoms with Crippen molar-refractivity contribution in [1.82, 2.24) is 0 Å². The highest BCUT2D eigenvalue weighted by molar-refractivity contribution is 9.10. The molecule has 3 rings (SSSR count). The Bertz CT molecular complexity index is 434. The number of hydrogen-bond donors (Lipinski definition) is 0. The van der Waals surface area contributed by atoms with Gasteiger partial charge in [-0.3, -0.25) is 0 Å². The fraction of sp³-hybridized carbons (Fsp3) is 0.462. The monoisotopic (exact) mass is 296 g/mol. The van der Waals surface area contributed by atoms with Crippen molar-refractivity contribution in [3.8, 4) is 0 Å². The molecule has 0 aromatic heterocycles. The van der Waals surface area contributed by atoms with E-state index in [1.165, 1.54) is 0 Å². The van der Waals surface area contributed by atoms with Gasteiger partial charge in [0.2, 0.25) is 0 Å². The Balaban J connectivity index is 1.55. The van der Waals surface area contributed by atoms with Gasteiger partial charge in [0, 0.05) is 5.92 Å². The van der Waals surface area contributed by atoms with Gasteiger partial charge in [-0.05, 0) is 12.0 Å². The van der Waals surface area contributed by atoms with E-state index in [0.29, 0.717) is 19.1 Å². The molecule has 1 aromatic rings. The number of halogens is 1. The number of hydrogen-bond acceptors (Lipinski definition) is 3. The van der Waals surface area contributed by atoms with Gasteiger partial charge in [0.25, 0.3) is 0 Å². The molecule has 1 aliphatic carbocycles. The summed E-state index contributed by atoms with van der Waals surface area (Å²) in [6.45, 7) is 0.935. The molecule has 4 heteroatoms. The molecule has 0 radical (unpaired) electrons. The molecule has 1 aromatic carbocycles. The van der Waals surface area contributed by atoms with Crippen LogP contribution in [-0.2, 0) is 20.9 Å². The highest BCUT2D eigenvalue weighted by Crippen LogP contribution is 2.58. The van der Waals surface area contributed by atoms with E-state index in [0.717, 1.165) is 12.0 Å². The summed E-state index contributed by atoms with van der Waals surface area (Å²) in [7, 11) is 0. The maximum atomic E-state index is 11.8. The highest BCUT2D eigenvalue weighted by Gasteiger charge is 2.64. The van der Waals surface area contributed by atoms with Gasteiger partial charge in [0.15, 0.2) is 6.10 Å². The third-order valence-electron chi connectivity index (χ3n) is 3.39. The molecule has 0 N–H and O–H groups in total. The fourth-order valence-corrected chi connectivity index (χ4v) is 2.96. The van der Waals surface area contributed by atoms with E-state index in [2.05, 4.69) is 15.9 Å². The van der Waals surface area contributed by atoms with Crippen LogP contribution >= 0.6 is 15.9 Å². The lowest BCUT2D eigenvalue weighted by Gasteiger charge is -2.11. The van der Waals surface area contributed by atoms with Gasteiger partial charge in [-0.1, -0.05) is 46.3 Å². The Morgan fingerprint density at radius 1 is 1.47 bits per heavy atom. The number of esters is 1. The standard InChI is InChI=1S/C13H13BrO3/c14-13-6-10(13)11(17-8-13)12(15)16-7-9-4-2-1-3-5-9/h1-5,10-11H,6-8H2/t10-,11-,13-/m1/s1. The highest BCUT2D eigenvalue weighted by atomic mass is 79.9. The summed E-state index contributed by atoms with van der Waals surface area (Å²) in [5.41, 5.74) is 1.000. The van der Waals surface area contributed by atoms with Crippen molar-refractivity contribution in [1.29, 1.82) is 0 Å². The number of rotatable bonds is 3. The first-order chi connectivity index (χ1) is 8.19. The van der Waals surface area contributed by atoms with Crippen molar-refractivity contribution in [3.63, 3.8) is 0 Å². The lowest BCUT2D eigenvalue weighted by molar-refractivity contribution is -0.157. The zero-order chi connectivity index (χ0) is 11.9. The van der Waals surface area contributed by atoms with E-state index in [9.17, 15) is 4.79 Å². The van der Waals surface area contributed by atoms with Crippen LogP contribution in [0, 0.1) is 5.92 Å². The first-order valence-corrected chi connectivity index (χ1v) is 6.49. The van der Waals surface area contributed by atoms with Crippen molar-refractivity contribution in [2.75, 3.05) is 6.61 Å². The maximum absolute atomic E-state index is 11.8. The van der Waals surface area contributed by atoms with Gasteiger partial charge < -0.3 is 9.47 Å². The Hall–Kier alpha value is -0.870. The average Bonchev–Trinajstić information content (AvgIpc) is 2.90. The van der Waals surface area contributed by atoms with Gasteiger partial charge in [-0.15, -0.1) is 0 Å². The second-order valence-corrected chi connectivity index (χ2v) is 6.25. The molecule has 3 nitrogen and oxygen atoms in total. The summed E-state index contributed by atoms with van der Waals surface area (Å²) >= 11 is 3.59. The van der Waals surface area contributed by atoms with Gasteiger partial charge in [0.05, 0.1) is 10.9 Å². The smallest absolute Gasteiger partial charge is 0.335 e. The molecule has 3 atom stereocenters. The molecule has 0 unspecified atom stereocenters. The summed E-state index contributed by atoms with van der Waals surface area (Å²) in [5, 5.41) is 0. The summed E-state index contributed by atoms with van der Waals surface area (Å²) in [5.74, 6) is 0.0588. The molecule has 1 saturated carbocycles. The van der Waals surface area contributed by atoms with Crippen LogP contribution in [0.5, 0.6) is 0 Å². The molecule has 0 amide bonds. The summed E-state index contributed by atoms with van der Waals surface area (Å²) in [4.78, 5) is 11.8. The van der Waals surface area contributed by atoms with Gasteiger partial charge in [-0.2, -0.15) is 0 Å². The van der Waals surface area contributed by atoms with E-state index < -0.39 is 0 Å². The van der Waals surface area contributed by atoms with Crippen LogP contribution in [0.3, 0.4) is 0 Å². The SMILES string of the molecule is O=C(OCc1ccccc1)[C@@H]1OC[C@]2(Br)C[C@H]12. The first kappa shape index (κ1) is 11.2. The molecule has 0 spiro atoms. The minimum atomic E-state index is -0.377. The van der Waals surface area contributed by atoms with Gasteiger partial charge in [0.1, 0.15) is 6.61 Å². The van der Waals surface area contributed by atoms with Crippen LogP contribution in [-0.4, -0.2) is 23.0 Å². The number of ether oxygens (including phenoxy) is 2. The molecule has 1 heterocycles. The Kier molecular flexibility index (Phi) is 2.71. The number of benzene rings is 1. The molecule has 0 bridgehead atoms.